The van der Waals surface area contributed by atoms with Gasteiger partial charge in [-0.05, 0) is 116 Å². The maximum Gasteiger partial charge on any atom is 0.149 e. The third-order valence-corrected chi connectivity index (χ3v) is 11.2. The molecule has 3 nitrogen and oxygen atoms in total. The molecule has 0 radical (unpaired) electrons. The third kappa shape index (κ3) is 5.37. The molecule has 2 heterocycles. The fraction of sp³-hybridized carbons (Fsp3) is 0.135. The topological polar surface area (TPSA) is 31.0 Å². The summed E-state index contributed by atoms with van der Waals surface area (Å²) in [6, 6.07) is 52.6. The molecule has 0 amide bonds. The van der Waals surface area contributed by atoms with Crippen molar-refractivity contribution in [2.45, 2.75) is 46.4 Å². The fourth-order valence-electron chi connectivity index (χ4n) is 8.47. The van der Waals surface area contributed by atoms with Crippen LogP contribution in [-0.2, 0) is 0 Å². The number of hydrogen-bond acceptors (Lipinski definition) is 2. The summed E-state index contributed by atoms with van der Waals surface area (Å²) in [4.78, 5) is 5.32. The normalized spacial score (nSPS) is 13.1. The molecule has 10 aromatic rings. The first-order valence-corrected chi connectivity index (χ1v) is 19.2. The maximum atomic E-state index is 8.74. The Morgan fingerprint density at radius 1 is 0.545 bits per heavy atom. The SMILES string of the molecule is [2H]C([2H])([2H])c1cccc2nc(-c3cccc4c3oc3cc5c(ccc6ccccc65)cc34)n(-c3c(C(C)C)cc(-c4ccc(-c5ccccc5)cc4)cc3C(C)C)c12. The monoisotopic (exact) mass is 713 g/mol. The number of para-hydroxylation sites is 2. The lowest BCUT2D eigenvalue weighted by molar-refractivity contribution is 0.670. The van der Waals surface area contributed by atoms with Gasteiger partial charge in [0.25, 0.3) is 0 Å². The van der Waals surface area contributed by atoms with Crippen molar-refractivity contribution in [1.82, 2.24) is 9.55 Å². The van der Waals surface area contributed by atoms with Crippen LogP contribution in [0.1, 0.15) is 60.3 Å². The fourth-order valence-corrected chi connectivity index (χ4v) is 8.47. The second-order valence-corrected chi connectivity index (χ2v) is 15.3. The minimum Gasteiger partial charge on any atom is -0.455 e. The van der Waals surface area contributed by atoms with Crippen LogP contribution in [0.25, 0.3) is 93.8 Å². The second-order valence-electron chi connectivity index (χ2n) is 15.3. The average Bonchev–Trinajstić information content (AvgIpc) is 3.80. The second kappa shape index (κ2) is 12.8. The maximum absolute atomic E-state index is 8.74. The van der Waals surface area contributed by atoms with Crippen molar-refractivity contribution in [2.24, 2.45) is 0 Å². The van der Waals surface area contributed by atoms with Crippen LogP contribution in [0, 0.1) is 6.85 Å². The van der Waals surface area contributed by atoms with Gasteiger partial charge in [-0.15, -0.1) is 0 Å². The smallest absolute Gasteiger partial charge is 0.149 e. The standard InChI is InChI=1S/C52H42N2O/c1-31(2)43-28-39(36-23-21-35(22-24-36)34-14-7-6-8-15-34)29-44(32(3)4)50(43)54-49-33(5)13-11-20-47(49)53-52(54)42-19-12-18-41-46-27-38-26-25-37-16-9-10-17-40(37)45(38)30-48(46)55-51(41)42/h6-32H,1-5H3/i5D3. The van der Waals surface area contributed by atoms with Crippen LogP contribution in [0.3, 0.4) is 0 Å². The highest BCUT2D eigenvalue weighted by atomic mass is 16.3. The van der Waals surface area contributed by atoms with E-state index in [1.165, 1.54) is 21.9 Å². The Hall–Kier alpha value is -6.45. The summed E-state index contributed by atoms with van der Waals surface area (Å²) in [6.45, 7) is 6.47. The highest BCUT2D eigenvalue weighted by molar-refractivity contribution is 6.17. The van der Waals surface area contributed by atoms with E-state index in [0.29, 0.717) is 16.9 Å². The highest BCUT2D eigenvalue weighted by Gasteiger charge is 2.26. The predicted molar refractivity (Wildman–Crippen MR) is 233 cm³/mol. The van der Waals surface area contributed by atoms with Crippen LogP contribution < -0.4 is 0 Å². The Morgan fingerprint density at radius 3 is 1.95 bits per heavy atom. The molecule has 55 heavy (non-hydrogen) atoms. The van der Waals surface area contributed by atoms with Crippen molar-refractivity contribution in [3.8, 4) is 39.3 Å². The Kier molecular flexibility index (Phi) is 6.99. The van der Waals surface area contributed by atoms with Gasteiger partial charge in [0.2, 0.25) is 0 Å². The van der Waals surface area contributed by atoms with E-state index < -0.39 is 6.85 Å². The molecule has 0 fully saturated rings. The Bertz CT molecular complexity index is 3180. The summed E-state index contributed by atoms with van der Waals surface area (Å²) in [5, 5.41) is 6.66. The Balaban J connectivity index is 1.25. The average molecular weight is 714 g/mol. The summed E-state index contributed by atoms with van der Waals surface area (Å²) in [6.07, 6.45) is 0. The van der Waals surface area contributed by atoms with Gasteiger partial charge in [0.05, 0.1) is 22.3 Å². The zero-order valence-corrected chi connectivity index (χ0v) is 31.4. The van der Waals surface area contributed by atoms with E-state index in [9.17, 15) is 0 Å². The number of rotatable bonds is 6. The van der Waals surface area contributed by atoms with Crippen LogP contribution in [0.4, 0.5) is 0 Å². The van der Waals surface area contributed by atoms with E-state index in [4.69, 9.17) is 13.5 Å². The zero-order valence-electron chi connectivity index (χ0n) is 34.4. The van der Waals surface area contributed by atoms with E-state index >= 15 is 0 Å². The van der Waals surface area contributed by atoms with Crippen LogP contribution in [0.5, 0.6) is 0 Å². The Labute approximate surface area is 325 Å². The molecule has 0 saturated carbocycles. The van der Waals surface area contributed by atoms with Gasteiger partial charge in [0.15, 0.2) is 0 Å². The first kappa shape index (κ1) is 29.9. The number of fused-ring (bicyclic) bond motifs is 7. The molecule has 0 aliphatic carbocycles. The molecular formula is C52H42N2O. The lowest BCUT2D eigenvalue weighted by Gasteiger charge is -2.25. The number of hydrogen-bond donors (Lipinski definition) is 0. The van der Waals surface area contributed by atoms with Crippen LogP contribution >= 0.6 is 0 Å². The van der Waals surface area contributed by atoms with Crippen molar-refractivity contribution in [3.05, 3.63) is 168 Å². The lowest BCUT2D eigenvalue weighted by atomic mass is 9.87. The molecular weight excluding hydrogens is 669 g/mol. The molecule has 266 valence electrons. The minimum atomic E-state index is -2.38. The number of nitrogens with zero attached hydrogens (tertiary/aromatic N) is 2. The molecule has 2 aromatic heterocycles. The molecule has 0 spiro atoms. The van der Waals surface area contributed by atoms with Gasteiger partial charge >= 0.3 is 0 Å². The van der Waals surface area contributed by atoms with Gasteiger partial charge < -0.3 is 4.42 Å². The van der Waals surface area contributed by atoms with Crippen molar-refractivity contribution in [2.75, 3.05) is 0 Å². The first-order chi connectivity index (χ1) is 28.0. The Morgan fingerprint density at radius 2 is 1.20 bits per heavy atom. The summed E-state index contributed by atoms with van der Waals surface area (Å²) >= 11 is 0. The molecule has 0 saturated heterocycles. The highest BCUT2D eigenvalue weighted by Crippen LogP contribution is 2.44. The number of aromatic nitrogens is 2. The number of aryl methyl sites for hydroxylation is 1. The molecule has 8 aromatic carbocycles. The van der Waals surface area contributed by atoms with Gasteiger partial charge in [0, 0.05) is 14.9 Å². The predicted octanol–water partition coefficient (Wildman–Crippen LogP) is 14.8. The van der Waals surface area contributed by atoms with E-state index in [1.807, 2.05) is 12.1 Å². The summed E-state index contributed by atoms with van der Waals surface area (Å²) in [7, 11) is 0. The molecule has 0 bridgehead atoms. The van der Waals surface area contributed by atoms with E-state index in [2.05, 4.69) is 160 Å². The lowest BCUT2D eigenvalue weighted by Crippen LogP contribution is -2.10. The van der Waals surface area contributed by atoms with Crippen LogP contribution in [0.15, 0.2) is 156 Å². The van der Waals surface area contributed by atoms with E-state index in [-0.39, 0.29) is 17.4 Å². The quantitative estimate of drug-likeness (QED) is 0.161. The minimum absolute atomic E-state index is 0.102. The molecule has 0 unspecified atom stereocenters. The largest absolute Gasteiger partial charge is 0.455 e. The number of furan rings is 1. The summed E-state index contributed by atoms with van der Waals surface area (Å²) < 4.78 is 35.2. The summed E-state index contributed by atoms with van der Waals surface area (Å²) in [5.41, 5.74) is 11.6. The molecule has 10 rings (SSSR count). The van der Waals surface area contributed by atoms with Crippen molar-refractivity contribution in [3.63, 3.8) is 0 Å². The van der Waals surface area contributed by atoms with Gasteiger partial charge in [-0.25, -0.2) is 4.98 Å². The number of imidazole rings is 1. The van der Waals surface area contributed by atoms with Gasteiger partial charge in [-0.1, -0.05) is 143 Å². The zero-order chi connectivity index (χ0) is 39.9. The number of benzene rings is 8. The molecule has 0 aliphatic rings. The van der Waals surface area contributed by atoms with Crippen LogP contribution in [0.2, 0.25) is 0 Å². The van der Waals surface area contributed by atoms with E-state index in [1.54, 1.807) is 12.1 Å². The molecule has 3 heteroatoms. The molecule has 0 N–H and O–H groups in total. The molecule has 0 aliphatic heterocycles. The van der Waals surface area contributed by atoms with Crippen molar-refractivity contribution >= 4 is 54.5 Å². The summed E-state index contributed by atoms with van der Waals surface area (Å²) in [5.74, 6) is 0.853. The van der Waals surface area contributed by atoms with Gasteiger partial charge in [-0.2, -0.15) is 0 Å². The van der Waals surface area contributed by atoms with Crippen molar-refractivity contribution in [1.29, 1.82) is 0 Å². The first-order valence-electron chi connectivity index (χ1n) is 20.7. The third-order valence-electron chi connectivity index (χ3n) is 11.2. The molecule has 0 atom stereocenters. The van der Waals surface area contributed by atoms with Gasteiger partial charge in [-0.3, -0.25) is 4.57 Å². The van der Waals surface area contributed by atoms with Gasteiger partial charge in [0.1, 0.15) is 17.0 Å². The van der Waals surface area contributed by atoms with Crippen molar-refractivity contribution < 1.29 is 8.53 Å². The van der Waals surface area contributed by atoms with E-state index in [0.717, 1.165) is 66.2 Å². The van der Waals surface area contributed by atoms with Crippen LogP contribution in [-0.4, -0.2) is 9.55 Å².